The minimum atomic E-state index is 0.532. The summed E-state index contributed by atoms with van der Waals surface area (Å²) in [6.45, 7) is 4.27. The molecule has 1 aliphatic rings. The van der Waals surface area contributed by atoms with Crippen LogP contribution in [-0.4, -0.2) is 12.4 Å². The summed E-state index contributed by atoms with van der Waals surface area (Å²) in [7, 11) is 0. The fourth-order valence-electron chi connectivity index (χ4n) is 2.16. The number of hydrogen-bond acceptors (Lipinski definition) is 1. The second-order valence-electron chi connectivity index (χ2n) is 4.97. The van der Waals surface area contributed by atoms with E-state index in [0.717, 1.165) is 25.4 Å². The monoisotopic (exact) mass is 237 g/mol. The summed E-state index contributed by atoms with van der Waals surface area (Å²) < 4.78 is 0. The average molecular weight is 238 g/mol. The minimum absolute atomic E-state index is 0.532. The molecule has 0 atom stereocenters. The molecule has 0 radical (unpaired) electrons. The van der Waals surface area contributed by atoms with E-state index >= 15 is 0 Å². The highest BCUT2D eigenvalue weighted by molar-refractivity contribution is 6.17. The van der Waals surface area contributed by atoms with Gasteiger partial charge in [-0.25, -0.2) is 0 Å². The number of rotatable bonds is 6. The topological polar surface area (TPSA) is 12.0 Å². The molecule has 0 amide bonds. The first kappa shape index (κ1) is 11.9. The summed E-state index contributed by atoms with van der Waals surface area (Å²) >= 11 is 5.82. The Bertz CT molecular complexity index is 344. The molecule has 1 fully saturated rings. The van der Waals surface area contributed by atoms with Crippen LogP contribution in [-0.2, 0) is 6.54 Å². The zero-order valence-electron chi connectivity index (χ0n) is 9.93. The molecule has 1 aliphatic carbocycles. The van der Waals surface area contributed by atoms with Crippen molar-refractivity contribution >= 4 is 11.6 Å². The molecule has 0 unspecified atom stereocenters. The van der Waals surface area contributed by atoms with Crippen molar-refractivity contribution in [2.45, 2.75) is 32.7 Å². The fourth-order valence-corrected chi connectivity index (χ4v) is 2.56. The zero-order chi connectivity index (χ0) is 11.4. The number of aryl methyl sites for hydroxylation is 1. The molecule has 1 aromatic carbocycles. The first-order valence-electron chi connectivity index (χ1n) is 6.07. The van der Waals surface area contributed by atoms with Gasteiger partial charge in [-0.15, -0.1) is 11.6 Å². The van der Waals surface area contributed by atoms with Crippen molar-refractivity contribution in [2.24, 2.45) is 5.41 Å². The molecule has 16 heavy (non-hydrogen) atoms. The summed E-state index contributed by atoms with van der Waals surface area (Å²) in [5.74, 6) is 0.798. The molecular formula is C14H20ClN. The van der Waals surface area contributed by atoms with Gasteiger partial charge in [-0.2, -0.15) is 0 Å². The van der Waals surface area contributed by atoms with Crippen LogP contribution in [0, 0.1) is 12.3 Å². The van der Waals surface area contributed by atoms with E-state index in [1.54, 1.807) is 0 Å². The van der Waals surface area contributed by atoms with Gasteiger partial charge in [0.05, 0.1) is 0 Å². The summed E-state index contributed by atoms with van der Waals surface area (Å²) in [6.07, 6.45) is 3.86. The highest BCUT2D eigenvalue weighted by Gasteiger charge is 2.40. The molecule has 1 aromatic rings. The smallest absolute Gasteiger partial charge is 0.0229 e. The van der Waals surface area contributed by atoms with Gasteiger partial charge in [-0.1, -0.05) is 24.3 Å². The lowest BCUT2D eigenvalue weighted by Crippen LogP contribution is -2.24. The maximum absolute atomic E-state index is 5.82. The van der Waals surface area contributed by atoms with E-state index in [1.807, 2.05) is 0 Å². The zero-order valence-corrected chi connectivity index (χ0v) is 10.7. The van der Waals surface area contributed by atoms with Gasteiger partial charge in [0, 0.05) is 19.0 Å². The second kappa shape index (κ2) is 5.20. The predicted molar refractivity (Wildman–Crippen MR) is 69.9 cm³/mol. The first-order chi connectivity index (χ1) is 7.76. The van der Waals surface area contributed by atoms with E-state index in [2.05, 4.69) is 36.5 Å². The number of hydrogen-bond donors (Lipinski definition) is 1. The van der Waals surface area contributed by atoms with E-state index in [1.165, 1.54) is 24.0 Å². The lowest BCUT2D eigenvalue weighted by molar-refractivity contribution is 0.445. The third kappa shape index (κ3) is 2.99. The minimum Gasteiger partial charge on any atom is -0.312 e. The third-order valence-electron chi connectivity index (χ3n) is 3.66. The molecule has 0 heterocycles. The van der Waals surface area contributed by atoms with E-state index in [4.69, 9.17) is 11.6 Å². The maximum atomic E-state index is 5.82. The van der Waals surface area contributed by atoms with Gasteiger partial charge >= 0.3 is 0 Å². The standard InChI is InChI=1S/C14H20ClN/c1-12-4-2-3-5-13(12)10-16-11-14(6-7-14)8-9-15/h2-5,16H,6-11H2,1H3. The van der Waals surface area contributed by atoms with E-state index in [0.29, 0.717) is 5.41 Å². The lowest BCUT2D eigenvalue weighted by Gasteiger charge is -2.15. The molecule has 1 N–H and O–H groups in total. The van der Waals surface area contributed by atoms with Crippen LogP contribution in [0.5, 0.6) is 0 Å². The van der Waals surface area contributed by atoms with Gasteiger partial charge in [0.25, 0.3) is 0 Å². The Balaban J connectivity index is 1.78. The number of nitrogens with one attached hydrogen (secondary N) is 1. The summed E-state index contributed by atoms with van der Waals surface area (Å²) in [4.78, 5) is 0. The fraction of sp³-hybridized carbons (Fsp3) is 0.571. The van der Waals surface area contributed by atoms with Crippen molar-refractivity contribution < 1.29 is 0 Å². The van der Waals surface area contributed by atoms with Crippen LogP contribution in [0.15, 0.2) is 24.3 Å². The lowest BCUT2D eigenvalue weighted by atomic mass is 10.0. The Kier molecular flexibility index (Phi) is 3.88. The Morgan fingerprint density at radius 1 is 1.31 bits per heavy atom. The Hall–Kier alpha value is -0.530. The molecule has 88 valence electrons. The van der Waals surface area contributed by atoms with Gasteiger partial charge in [-0.05, 0) is 42.7 Å². The van der Waals surface area contributed by atoms with Crippen LogP contribution < -0.4 is 5.32 Å². The van der Waals surface area contributed by atoms with Crippen LogP contribution >= 0.6 is 11.6 Å². The van der Waals surface area contributed by atoms with Crippen LogP contribution in [0.3, 0.4) is 0 Å². The summed E-state index contributed by atoms with van der Waals surface area (Å²) in [6, 6.07) is 8.57. The number of alkyl halides is 1. The van der Waals surface area contributed by atoms with Crippen LogP contribution in [0.25, 0.3) is 0 Å². The van der Waals surface area contributed by atoms with Crippen LogP contribution in [0.1, 0.15) is 30.4 Å². The molecule has 0 bridgehead atoms. The predicted octanol–water partition coefficient (Wildman–Crippen LogP) is 3.49. The molecule has 1 nitrogen and oxygen atoms in total. The van der Waals surface area contributed by atoms with Crippen molar-refractivity contribution in [3.8, 4) is 0 Å². The second-order valence-corrected chi connectivity index (χ2v) is 5.35. The van der Waals surface area contributed by atoms with E-state index < -0.39 is 0 Å². The Morgan fingerprint density at radius 3 is 2.69 bits per heavy atom. The van der Waals surface area contributed by atoms with Crippen molar-refractivity contribution in [3.63, 3.8) is 0 Å². The van der Waals surface area contributed by atoms with Crippen LogP contribution in [0.2, 0.25) is 0 Å². The highest BCUT2D eigenvalue weighted by Crippen LogP contribution is 2.48. The van der Waals surface area contributed by atoms with E-state index in [-0.39, 0.29) is 0 Å². The molecular weight excluding hydrogens is 218 g/mol. The quantitative estimate of drug-likeness (QED) is 0.747. The molecule has 0 aliphatic heterocycles. The molecule has 2 heteroatoms. The highest BCUT2D eigenvalue weighted by atomic mass is 35.5. The van der Waals surface area contributed by atoms with Gasteiger partial charge in [0.15, 0.2) is 0 Å². The van der Waals surface area contributed by atoms with Crippen LogP contribution in [0.4, 0.5) is 0 Å². The molecule has 1 saturated carbocycles. The van der Waals surface area contributed by atoms with Gasteiger partial charge in [0.1, 0.15) is 0 Å². The van der Waals surface area contributed by atoms with Crippen molar-refractivity contribution in [2.75, 3.05) is 12.4 Å². The SMILES string of the molecule is Cc1ccccc1CNCC1(CCCl)CC1. The number of halogens is 1. The number of benzene rings is 1. The van der Waals surface area contributed by atoms with Crippen molar-refractivity contribution in [1.82, 2.24) is 5.32 Å². The summed E-state index contributed by atoms with van der Waals surface area (Å²) in [5, 5.41) is 3.57. The Morgan fingerprint density at radius 2 is 2.06 bits per heavy atom. The molecule has 0 aromatic heterocycles. The average Bonchev–Trinajstić information content (AvgIpc) is 3.02. The van der Waals surface area contributed by atoms with Gasteiger partial charge < -0.3 is 5.32 Å². The molecule has 2 rings (SSSR count). The van der Waals surface area contributed by atoms with Gasteiger partial charge in [0.2, 0.25) is 0 Å². The third-order valence-corrected chi connectivity index (χ3v) is 3.85. The maximum Gasteiger partial charge on any atom is 0.0229 e. The van der Waals surface area contributed by atoms with Crippen molar-refractivity contribution in [1.29, 1.82) is 0 Å². The van der Waals surface area contributed by atoms with Gasteiger partial charge in [-0.3, -0.25) is 0 Å². The van der Waals surface area contributed by atoms with E-state index in [9.17, 15) is 0 Å². The normalized spacial score (nSPS) is 17.4. The first-order valence-corrected chi connectivity index (χ1v) is 6.60. The molecule has 0 saturated heterocycles. The summed E-state index contributed by atoms with van der Waals surface area (Å²) in [5.41, 5.74) is 3.31. The Labute approximate surface area is 103 Å². The van der Waals surface area contributed by atoms with Crippen molar-refractivity contribution in [3.05, 3.63) is 35.4 Å². The molecule has 0 spiro atoms. The largest absolute Gasteiger partial charge is 0.312 e.